The van der Waals surface area contributed by atoms with Crippen LogP contribution in [-0.2, 0) is 25.7 Å². The van der Waals surface area contributed by atoms with Gasteiger partial charge in [-0.15, -0.1) is 0 Å². The van der Waals surface area contributed by atoms with Gasteiger partial charge in [0.15, 0.2) is 0 Å². The number of ether oxygens (including phenoxy) is 1. The summed E-state index contributed by atoms with van der Waals surface area (Å²) in [6.45, 7) is 2.88. The number of rotatable bonds is 10. The Morgan fingerprint density at radius 1 is 0.848 bits per heavy atom. The van der Waals surface area contributed by atoms with E-state index in [-0.39, 0.29) is 5.82 Å². The van der Waals surface area contributed by atoms with E-state index < -0.39 is 0 Å². The molecule has 0 aliphatic carbocycles. The first-order chi connectivity index (χ1) is 16.1. The molecule has 1 aromatic heterocycles. The molecule has 0 aliphatic rings. The number of pyridine rings is 1. The number of nitrogens with zero attached hydrogens (tertiary/aromatic N) is 1. The van der Waals surface area contributed by atoms with E-state index in [0.29, 0.717) is 11.8 Å². The molecule has 0 atom stereocenters. The minimum absolute atomic E-state index is 0.117. The summed E-state index contributed by atoms with van der Waals surface area (Å²) in [5.74, 6) is 0.702. The summed E-state index contributed by atoms with van der Waals surface area (Å²) in [7, 11) is 0. The molecule has 4 rings (SSSR count). The molecular formula is C29H29ClFNO. The summed E-state index contributed by atoms with van der Waals surface area (Å²) in [5.41, 5.74) is 4.11. The number of benzene rings is 3. The van der Waals surface area contributed by atoms with Gasteiger partial charge in [-0.2, -0.15) is 0 Å². The van der Waals surface area contributed by atoms with Crippen LogP contribution in [0, 0.1) is 5.82 Å². The van der Waals surface area contributed by atoms with Crippen molar-refractivity contribution >= 4 is 22.4 Å². The summed E-state index contributed by atoms with van der Waals surface area (Å²) in [6, 6.07) is 21.7. The summed E-state index contributed by atoms with van der Waals surface area (Å²) in [5, 5.41) is 2.34. The third kappa shape index (κ3) is 6.33. The normalized spacial score (nSPS) is 11.1. The van der Waals surface area contributed by atoms with Crippen LogP contribution in [0.1, 0.15) is 42.1 Å². The lowest BCUT2D eigenvalue weighted by molar-refractivity contribution is 0.308. The molecule has 33 heavy (non-hydrogen) atoms. The fraction of sp³-hybridized carbons (Fsp3) is 0.276. The van der Waals surface area contributed by atoms with Gasteiger partial charge < -0.3 is 4.74 Å². The Labute approximate surface area is 200 Å². The molecule has 4 aromatic rings. The quantitative estimate of drug-likeness (QED) is 0.225. The molecule has 1 heterocycles. The summed E-state index contributed by atoms with van der Waals surface area (Å²) < 4.78 is 20.8. The van der Waals surface area contributed by atoms with Crippen LogP contribution in [-0.4, -0.2) is 11.6 Å². The Kier molecular flexibility index (Phi) is 7.96. The third-order valence-corrected chi connectivity index (χ3v) is 6.18. The number of halogens is 2. The van der Waals surface area contributed by atoms with Crippen molar-refractivity contribution in [2.45, 2.75) is 45.4 Å². The highest BCUT2D eigenvalue weighted by molar-refractivity contribution is 6.30. The SMILES string of the molecule is CCCCOc1ccc(CCc2ccc3c(F)c(CCc4ccc(Cl)cc4)ccc3c2)nc1. The van der Waals surface area contributed by atoms with Gasteiger partial charge in [0.05, 0.1) is 12.8 Å². The molecule has 2 nitrogen and oxygen atoms in total. The molecule has 4 heteroatoms. The van der Waals surface area contributed by atoms with E-state index in [1.807, 2.05) is 60.7 Å². The monoisotopic (exact) mass is 461 g/mol. The predicted molar refractivity (Wildman–Crippen MR) is 135 cm³/mol. The molecule has 0 fully saturated rings. The van der Waals surface area contributed by atoms with Crippen LogP contribution in [0.3, 0.4) is 0 Å². The molecule has 3 aromatic carbocycles. The van der Waals surface area contributed by atoms with Crippen molar-refractivity contribution < 1.29 is 9.13 Å². The number of aryl methyl sites for hydroxylation is 4. The van der Waals surface area contributed by atoms with E-state index in [2.05, 4.69) is 18.0 Å². The second-order valence-corrected chi connectivity index (χ2v) is 8.84. The molecule has 0 amide bonds. The minimum atomic E-state index is -0.117. The van der Waals surface area contributed by atoms with Gasteiger partial charge in [0.2, 0.25) is 0 Å². The van der Waals surface area contributed by atoms with E-state index in [1.165, 1.54) is 5.56 Å². The van der Waals surface area contributed by atoms with E-state index in [1.54, 1.807) is 6.20 Å². The van der Waals surface area contributed by atoms with Crippen LogP contribution in [0.2, 0.25) is 5.02 Å². The molecular weight excluding hydrogens is 433 g/mol. The number of unbranched alkanes of at least 4 members (excludes halogenated alkanes) is 1. The highest BCUT2D eigenvalue weighted by Gasteiger charge is 2.09. The topological polar surface area (TPSA) is 22.1 Å². The van der Waals surface area contributed by atoms with Gasteiger partial charge in [0, 0.05) is 16.1 Å². The fourth-order valence-electron chi connectivity index (χ4n) is 3.92. The minimum Gasteiger partial charge on any atom is -0.492 e. The lowest BCUT2D eigenvalue weighted by Crippen LogP contribution is -1.99. The maximum atomic E-state index is 15.1. The Bertz CT molecular complexity index is 1190. The summed E-state index contributed by atoms with van der Waals surface area (Å²) >= 11 is 5.95. The average molecular weight is 462 g/mol. The lowest BCUT2D eigenvalue weighted by Gasteiger charge is -2.09. The predicted octanol–water partition coefficient (Wildman–Crippen LogP) is 7.78. The van der Waals surface area contributed by atoms with Crippen molar-refractivity contribution in [3.05, 3.63) is 106 Å². The van der Waals surface area contributed by atoms with Gasteiger partial charge >= 0.3 is 0 Å². The van der Waals surface area contributed by atoms with Crippen molar-refractivity contribution in [3.8, 4) is 5.75 Å². The molecule has 0 saturated heterocycles. The molecule has 170 valence electrons. The Morgan fingerprint density at radius 3 is 2.39 bits per heavy atom. The first-order valence-corrected chi connectivity index (χ1v) is 12.0. The standard InChI is InChI=1S/C29H29ClFNO/c1-2-3-18-33-27-16-15-26(32-20-27)14-7-22-8-17-28-24(19-22)11-10-23(29(28)31)9-4-21-5-12-25(30)13-6-21/h5-6,8,10-13,15-17,19-20H,2-4,7,9,14,18H2,1H3. The van der Waals surface area contributed by atoms with Crippen molar-refractivity contribution in [1.29, 1.82) is 0 Å². The lowest BCUT2D eigenvalue weighted by atomic mass is 9.98. The molecule has 0 unspecified atom stereocenters. The van der Waals surface area contributed by atoms with Crippen molar-refractivity contribution in [2.24, 2.45) is 0 Å². The van der Waals surface area contributed by atoms with E-state index in [9.17, 15) is 0 Å². The van der Waals surface area contributed by atoms with Crippen molar-refractivity contribution in [2.75, 3.05) is 6.61 Å². The number of fused-ring (bicyclic) bond motifs is 1. The van der Waals surface area contributed by atoms with Crippen LogP contribution < -0.4 is 4.74 Å². The van der Waals surface area contributed by atoms with E-state index >= 15 is 4.39 Å². The number of hydrogen-bond acceptors (Lipinski definition) is 2. The Morgan fingerprint density at radius 2 is 1.64 bits per heavy atom. The van der Waals surface area contributed by atoms with Crippen LogP contribution in [0.4, 0.5) is 4.39 Å². The molecule has 0 saturated carbocycles. The van der Waals surface area contributed by atoms with E-state index in [4.69, 9.17) is 16.3 Å². The summed E-state index contributed by atoms with van der Waals surface area (Å²) in [4.78, 5) is 4.52. The first-order valence-electron chi connectivity index (χ1n) is 11.6. The van der Waals surface area contributed by atoms with Gasteiger partial charge in [-0.1, -0.05) is 67.4 Å². The number of aromatic nitrogens is 1. The highest BCUT2D eigenvalue weighted by Crippen LogP contribution is 2.24. The zero-order valence-corrected chi connectivity index (χ0v) is 19.7. The largest absolute Gasteiger partial charge is 0.492 e. The maximum Gasteiger partial charge on any atom is 0.137 e. The molecule has 0 spiro atoms. The van der Waals surface area contributed by atoms with Gasteiger partial charge in [-0.25, -0.2) is 4.39 Å². The fourth-order valence-corrected chi connectivity index (χ4v) is 4.04. The maximum absolute atomic E-state index is 15.1. The number of hydrogen-bond donors (Lipinski definition) is 0. The molecule has 0 radical (unpaired) electrons. The Balaban J connectivity index is 1.37. The highest BCUT2D eigenvalue weighted by atomic mass is 35.5. The van der Waals surface area contributed by atoms with E-state index in [0.717, 1.165) is 71.7 Å². The second kappa shape index (κ2) is 11.3. The zero-order valence-electron chi connectivity index (χ0n) is 19.0. The van der Waals surface area contributed by atoms with Gasteiger partial charge in [0.25, 0.3) is 0 Å². The van der Waals surface area contributed by atoms with Crippen LogP contribution in [0.15, 0.2) is 72.9 Å². The molecule has 0 bridgehead atoms. The van der Waals surface area contributed by atoms with Gasteiger partial charge in [-0.05, 0) is 78.4 Å². The molecule has 0 N–H and O–H groups in total. The van der Waals surface area contributed by atoms with Crippen molar-refractivity contribution in [3.63, 3.8) is 0 Å². The Hall–Kier alpha value is -2.91. The summed E-state index contributed by atoms with van der Waals surface area (Å²) in [6.07, 6.45) is 7.11. The second-order valence-electron chi connectivity index (χ2n) is 8.41. The average Bonchev–Trinajstić information content (AvgIpc) is 2.84. The van der Waals surface area contributed by atoms with Crippen molar-refractivity contribution in [1.82, 2.24) is 4.98 Å². The van der Waals surface area contributed by atoms with Crippen LogP contribution in [0.25, 0.3) is 10.8 Å². The van der Waals surface area contributed by atoms with Gasteiger partial charge in [0.1, 0.15) is 11.6 Å². The van der Waals surface area contributed by atoms with Crippen LogP contribution >= 0.6 is 11.6 Å². The zero-order chi connectivity index (χ0) is 23.0. The first kappa shape index (κ1) is 23.3. The van der Waals surface area contributed by atoms with Crippen LogP contribution in [0.5, 0.6) is 5.75 Å². The third-order valence-electron chi connectivity index (χ3n) is 5.93. The molecule has 0 aliphatic heterocycles. The smallest absolute Gasteiger partial charge is 0.137 e. The van der Waals surface area contributed by atoms with Gasteiger partial charge in [-0.3, -0.25) is 4.98 Å².